The number of rotatable bonds is 4. The normalized spacial score (nSPS) is 14.7. The summed E-state index contributed by atoms with van der Waals surface area (Å²) < 4.78 is 0. The van der Waals surface area contributed by atoms with Crippen molar-refractivity contribution in [1.29, 1.82) is 0 Å². The lowest BCUT2D eigenvalue weighted by atomic mass is 10.7. The molecule has 4 nitrogen and oxygen atoms in total. The van der Waals surface area contributed by atoms with E-state index in [2.05, 4.69) is 17.1 Å². The highest BCUT2D eigenvalue weighted by atomic mass is 32.9. The SMILES string of the molecule is CNC(C=O)SP(O)(O)=S. The second-order valence-electron chi connectivity index (χ2n) is 1.44. The predicted octanol–water partition coefficient (Wildman–Crippen LogP) is -0.327. The van der Waals surface area contributed by atoms with Gasteiger partial charge in [-0.25, -0.2) is 0 Å². The molecule has 0 aliphatic heterocycles. The Morgan fingerprint density at radius 3 is 2.40 bits per heavy atom. The monoisotopic (exact) mass is 201 g/mol. The maximum Gasteiger partial charge on any atom is 0.244 e. The molecule has 0 saturated heterocycles. The Morgan fingerprint density at radius 1 is 1.80 bits per heavy atom. The molecular formula is C3H8NO3PS2. The van der Waals surface area contributed by atoms with Gasteiger partial charge in [0.1, 0.15) is 11.7 Å². The third-order valence-corrected chi connectivity index (χ3v) is 3.79. The molecule has 0 aromatic rings. The molecule has 1 atom stereocenters. The average molecular weight is 201 g/mol. The van der Waals surface area contributed by atoms with Gasteiger partial charge in [-0.3, -0.25) is 0 Å². The lowest BCUT2D eigenvalue weighted by molar-refractivity contribution is -0.107. The van der Waals surface area contributed by atoms with Gasteiger partial charge in [-0.2, -0.15) is 0 Å². The number of aldehydes is 1. The van der Waals surface area contributed by atoms with Crippen LogP contribution in [0.4, 0.5) is 0 Å². The number of hydrogen-bond acceptors (Lipinski definition) is 4. The average Bonchev–Trinajstić information content (AvgIpc) is 1.81. The third kappa shape index (κ3) is 5.34. The molecule has 60 valence electrons. The molecule has 0 saturated carbocycles. The molecule has 0 spiro atoms. The summed E-state index contributed by atoms with van der Waals surface area (Å²) in [4.78, 5) is 27.5. The summed E-state index contributed by atoms with van der Waals surface area (Å²) >= 11 is 4.94. The van der Waals surface area contributed by atoms with Gasteiger partial charge in [0.2, 0.25) is 5.69 Å². The van der Waals surface area contributed by atoms with E-state index in [9.17, 15) is 4.79 Å². The van der Waals surface area contributed by atoms with Crippen LogP contribution in [0.3, 0.4) is 0 Å². The van der Waals surface area contributed by atoms with E-state index in [0.717, 1.165) is 0 Å². The summed E-state index contributed by atoms with van der Waals surface area (Å²) in [6, 6.07) is 0. The second kappa shape index (κ2) is 4.43. The van der Waals surface area contributed by atoms with Crippen molar-refractivity contribution in [2.45, 2.75) is 5.37 Å². The second-order valence-corrected chi connectivity index (χ2v) is 7.52. The maximum atomic E-state index is 10.1. The van der Waals surface area contributed by atoms with E-state index < -0.39 is 11.1 Å². The molecule has 7 heteroatoms. The van der Waals surface area contributed by atoms with Crippen molar-refractivity contribution in [3.05, 3.63) is 0 Å². The summed E-state index contributed by atoms with van der Waals surface area (Å²) in [7, 11) is 1.54. The van der Waals surface area contributed by atoms with Gasteiger partial charge >= 0.3 is 0 Å². The molecule has 1 unspecified atom stereocenters. The highest BCUT2D eigenvalue weighted by Gasteiger charge is 2.15. The molecule has 0 amide bonds. The minimum Gasteiger partial charge on any atom is -0.338 e. The van der Waals surface area contributed by atoms with Crippen LogP contribution in [0.25, 0.3) is 0 Å². The number of carbonyl (C=O) groups is 1. The van der Waals surface area contributed by atoms with Gasteiger partial charge < -0.3 is 19.9 Å². The lowest BCUT2D eigenvalue weighted by Crippen LogP contribution is -2.22. The molecular weight excluding hydrogens is 193 g/mol. The Bertz CT molecular complexity index is 158. The van der Waals surface area contributed by atoms with Gasteiger partial charge in [-0.15, -0.1) is 0 Å². The van der Waals surface area contributed by atoms with Gasteiger partial charge in [0.25, 0.3) is 0 Å². The summed E-state index contributed by atoms with van der Waals surface area (Å²) in [6.45, 7) is 0. The van der Waals surface area contributed by atoms with E-state index in [0.29, 0.717) is 17.7 Å². The van der Waals surface area contributed by atoms with E-state index in [1.165, 1.54) is 7.05 Å². The van der Waals surface area contributed by atoms with Crippen LogP contribution in [0.2, 0.25) is 0 Å². The van der Waals surface area contributed by atoms with Crippen molar-refractivity contribution in [3.63, 3.8) is 0 Å². The molecule has 0 fully saturated rings. The van der Waals surface area contributed by atoms with Crippen molar-refractivity contribution in [2.75, 3.05) is 7.05 Å². The first-order chi connectivity index (χ1) is 4.49. The standard InChI is InChI=1S/C3H8NO3PS2/c1-4-3(2-5)10-8(6,7)9/h2-4H,1H3,(H2,6,7,9). The van der Waals surface area contributed by atoms with Crippen LogP contribution in [0.5, 0.6) is 0 Å². The summed E-state index contributed by atoms with van der Waals surface area (Å²) in [6.07, 6.45) is 0.568. The highest BCUT2D eigenvalue weighted by molar-refractivity contribution is 8.67. The van der Waals surface area contributed by atoms with Gasteiger partial charge in [0.15, 0.2) is 0 Å². The topological polar surface area (TPSA) is 69.6 Å². The Kier molecular flexibility index (Phi) is 4.68. The number of hydrogen-bond donors (Lipinski definition) is 3. The van der Waals surface area contributed by atoms with Crippen LogP contribution >= 0.6 is 17.1 Å². The van der Waals surface area contributed by atoms with E-state index in [1.807, 2.05) is 0 Å². The van der Waals surface area contributed by atoms with Crippen LogP contribution in [0.15, 0.2) is 0 Å². The summed E-state index contributed by atoms with van der Waals surface area (Å²) in [5, 5.41) is 1.92. The minimum atomic E-state index is -3.30. The van der Waals surface area contributed by atoms with Crippen LogP contribution < -0.4 is 5.32 Å². The Balaban J connectivity index is 3.86. The molecule has 0 heterocycles. The lowest BCUT2D eigenvalue weighted by Gasteiger charge is -2.10. The van der Waals surface area contributed by atoms with Gasteiger partial charge in [0, 0.05) is 0 Å². The number of likely N-dealkylation sites (N-methyl/N-ethyl adjacent to an activating group) is 1. The van der Waals surface area contributed by atoms with Crippen LogP contribution in [-0.2, 0) is 16.6 Å². The Morgan fingerprint density at radius 2 is 2.30 bits per heavy atom. The molecule has 0 aromatic heterocycles. The van der Waals surface area contributed by atoms with Gasteiger partial charge in [0.05, 0.1) is 0 Å². The molecule has 0 radical (unpaired) electrons. The van der Waals surface area contributed by atoms with E-state index in [4.69, 9.17) is 9.79 Å². The number of carbonyl (C=O) groups excluding carboxylic acids is 1. The molecule has 3 N–H and O–H groups in total. The zero-order valence-corrected chi connectivity index (χ0v) is 7.75. The van der Waals surface area contributed by atoms with Crippen LogP contribution in [0.1, 0.15) is 0 Å². The molecule has 0 rings (SSSR count). The molecule has 0 aliphatic carbocycles. The van der Waals surface area contributed by atoms with Crippen molar-refractivity contribution in [2.24, 2.45) is 0 Å². The summed E-state index contributed by atoms with van der Waals surface area (Å²) in [5.41, 5.74) is -3.30. The smallest absolute Gasteiger partial charge is 0.244 e. The Labute approximate surface area is 67.9 Å². The fraction of sp³-hybridized carbons (Fsp3) is 0.667. The molecule has 0 bridgehead atoms. The zero-order chi connectivity index (χ0) is 8.20. The quantitative estimate of drug-likeness (QED) is 0.329. The molecule has 0 aliphatic rings. The van der Waals surface area contributed by atoms with E-state index in [1.54, 1.807) is 0 Å². The predicted molar refractivity (Wildman–Crippen MR) is 45.2 cm³/mol. The van der Waals surface area contributed by atoms with Gasteiger partial charge in [-0.05, 0) is 30.2 Å². The van der Waals surface area contributed by atoms with Crippen LogP contribution in [-0.4, -0.2) is 28.5 Å². The third-order valence-electron chi connectivity index (χ3n) is 0.659. The van der Waals surface area contributed by atoms with Crippen molar-refractivity contribution < 1.29 is 14.6 Å². The molecule has 10 heavy (non-hydrogen) atoms. The highest BCUT2D eigenvalue weighted by Crippen LogP contribution is 2.51. The van der Waals surface area contributed by atoms with E-state index >= 15 is 0 Å². The Hall–Kier alpha value is 0.550. The fourth-order valence-corrected chi connectivity index (χ4v) is 2.93. The maximum absolute atomic E-state index is 10.1. The van der Waals surface area contributed by atoms with E-state index in [-0.39, 0.29) is 0 Å². The fourth-order valence-electron chi connectivity index (χ4n) is 0.294. The molecule has 0 aromatic carbocycles. The first-order valence-corrected chi connectivity index (χ1v) is 6.55. The minimum absolute atomic E-state index is 0.568. The van der Waals surface area contributed by atoms with Crippen LogP contribution in [0, 0.1) is 0 Å². The number of nitrogens with one attached hydrogen (secondary N) is 1. The summed E-state index contributed by atoms with van der Waals surface area (Å²) in [5.74, 6) is 0. The van der Waals surface area contributed by atoms with Crippen molar-refractivity contribution in [1.82, 2.24) is 5.32 Å². The zero-order valence-electron chi connectivity index (χ0n) is 5.22. The van der Waals surface area contributed by atoms with Crippen molar-refractivity contribution >= 4 is 35.2 Å². The first kappa shape index (κ1) is 10.6. The first-order valence-electron chi connectivity index (χ1n) is 2.36. The van der Waals surface area contributed by atoms with Crippen molar-refractivity contribution in [3.8, 4) is 0 Å². The van der Waals surface area contributed by atoms with Gasteiger partial charge in [-0.1, -0.05) is 0 Å². The largest absolute Gasteiger partial charge is 0.338 e.